The molecular formula is C25H33FN2O2. The van der Waals surface area contributed by atoms with Gasteiger partial charge in [-0.1, -0.05) is 32.0 Å². The van der Waals surface area contributed by atoms with Crippen molar-refractivity contribution < 1.29 is 13.9 Å². The molecule has 1 aliphatic heterocycles. The average Bonchev–Trinajstić information content (AvgIpc) is 2.71. The highest BCUT2D eigenvalue weighted by atomic mass is 19.1. The lowest BCUT2D eigenvalue weighted by Crippen LogP contribution is -2.47. The summed E-state index contributed by atoms with van der Waals surface area (Å²) in [6, 6.07) is 12.9. The number of ether oxygens (including phenoxy) is 1. The average molecular weight is 413 g/mol. The van der Waals surface area contributed by atoms with Crippen LogP contribution in [-0.4, -0.2) is 36.0 Å². The first-order chi connectivity index (χ1) is 14.3. The van der Waals surface area contributed by atoms with E-state index in [2.05, 4.69) is 37.1 Å². The van der Waals surface area contributed by atoms with Gasteiger partial charge in [0.15, 0.2) is 6.10 Å². The van der Waals surface area contributed by atoms with E-state index in [0.29, 0.717) is 5.92 Å². The second-order valence-corrected chi connectivity index (χ2v) is 8.62. The van der Waals surface area contributed by atoms with Gasteiger partial charge in [0.05, 0.1) is 0 Å². The largest absolute Gasteiger partial charge is 0.481 e. The van der Waals surface area contributed by atoms with E-state index in [0.717, 1.165) is 43.8 Å². The Morgan fingerprint density at radius 2 is 1.80 bits per heavy atom. The number of rotatable bonds is 7. The van der Waals surface area contributed by atoms with Gasteiger partial charge in [-0.3, -0.25) is 9.69 Å². The van der Waals surface area contributed by atoms with E-state index in [9.17, 15) is 9.18 Å². The molecule has 1 unspecified atom stereocenters. The SMILES string of the molecule is Cc1cc(OC(C)C(=O)NC2CCN(Cc3ccc(F)cc3)CC2)ccc1C(C)C. The van der Waals surface area contributed by atoms with Gasteiger partial charge < -0.3 is 10.1 Å². The minimum absolute atomic E-state index is 0.0717. The van der Waals surface area contributed by atoms with Crippen LogP contribution in [0.5, 0.6) is 5.75 Å². The highest BCUT2D eigenvalue weighted by Gasteiger charge is 2.23. The molecule has 4 nitrogen and oxygen atoms in total. The lowest BCUT2D eigenvalue weighted by Gasteiger charge is -2.32. The van der Waals surface area contributed by atoms with Gasteiger partial charge in [0.25, 0.3) is 5.91 Å². The van der Waals surface area contributed by atoms with Crippen molar-refractivity contribution in [3.05, 3.63) is 65.0 Å². The molecule has 2 aromatic rings. The lowest BCUT2D eigenvalue weighted by atomic mass is 9.98. The van der Waals surface area contributed by atoms with E-state index in [4.69, 9.17) is 4.74 Å². The van der Waals surface area contributed by atoms with E-state index in [1.54, 1.807) is 6.92 Å². The fraction of sp³-hybridized carbons (Fsp3) is 0.480. The molecular weight excluding hydrogens is 379 g/mol. The molecule has 0 bridgehead atoms. The number of likely N-dealkylation sites (tertiary alicyclic amines) is 1. The number of benzene rings is 2. The lowest BCUT2D eigenvalue weighted by molar-refractivity contribution is -0.128. The van der Waals surface area contributed by atoms with Crippen molar-refractivity contribution in [1.82, 2.24) is 10.2 Å². The van der Waals surface area contributed by atoms with E-state index in [1.807, 2.05) is 24.3 Å². The number of hydrogen-bond acceptors (Lipinski definition) is 3. The van der Waals surface area contributed by atoms with Crippen LogP contribution in [0.15, 0.2) is 42.5 Å². The molecule has 1 aliphatic rings. The molecule has 0 saturated carbocycles. The van der Waals surface area contributed by atoms with E-state index >= 15 is 0 Å². The molecule has 1 saturated heterocycles. The molecule has 2 aromatic carbocycles. The zero-order chi connectivity index (χ0) is 21.7. The third-order valence-corrected chi connectivity index (χ3v) is 5.80. The van der Waals surface area contributed by atoms with E-state index in [1.165, 1.54) is 23.3 Å². The molecule has 162 valence electrons. The van der Waals surface area contributed by atoms with Crippen molar-refractivity contribution >= 4 is 5.91 Å². The Bertz CT molecular complexity index is 843. The Kier molecular flexibility index (Phi) is 7.48. The molecule has 0 aliphatic carbocycles. The van der Waals surface area contributed by atoms with Gasteiger partial charge in [-0.15, -0.1) is 0 Å². The fourth-order valence-corrected chi connectivity index (χ4v) is 4.03. The molecule has 1 amide bonds. The Balaban J connectivity index is 1.44. The van der Waals surface area contributed by atoms with Crippen molar-refractivity contribution in [2.24, 2.45) is 0 Å². The van der Waals surface area contributed by atoms with Crippen LogP contribution in [0.2, 0.25) is 0 Å². The zero-order valence-corrected chi connectivity index (χ0v) is 18.5. The minimum Gasteiger partial charge on any atom is -0.481 e. The third kappa shape index (κ3) is 6.05. The number of carbonyl (C=O) groups is 1. The third-order valence-electron chi connectivity index (χ3n) is 5.80. The number of hydrogen-bond donors (Lipinski definition) is 1. The first-order valence-corrected chi connectivity index (χ1v) is 10.9. The summed E-state index contributed by atoms with van der Waals surface area (Å²) in [7, 11) is 0. The predicted octanol–water partition coefficient (Wildman–Crippen LogP) is 4.81. The topological polar surface area (TPSA) is 41.6 Å². The van der Waals surface area contributed by atoms with Crippen molar-refractivity contribution in [1.29, 1.82) is 0 Å². The highest BCUT2D eigenvalue weighted by molar-refractivity contribution is 5.81. The Labute approximate surface area is 179 Å². The van der Waals surface area contributed by atoms with E-state index in [-0.39, 0.29) is 17.8 Å². The summed E-state index contributed by atoms with van der Waals surface area (Å²) >= 11 is 0. The fourth-order valence-electron chi connectivity index (χ4n) is 4.03. The van der Waals surface area contributed by atoms with Gasteiger partial charge >= 0.3 is 0 Å². The first-order valence-electron chi connectivity index (χ1n) is 10.9. The number of carbonyl (C=O) groups excluding carboxylic acids is 1. The van der Waals surface area contributed by atoms with Crippen LogP contribution in [0.4, 0.5) is 4.39 Å². The summed E-state index contributed by atoms with van der Waals surface area (Å²) in [6.45, 7) is 10.8. The number of nitrogens with zero attached hydrogens (tertiary/aromatic N) is 1. The molecule has 5 heteroatoms. The smallest absolute Gasteiger partial charge is 0.260 e. The van der Waals surface area contributed by atoms with E-state index < -0.39 is 6.10 Å². The van der Waals surface area contributed by atoms with Gasteiger partial charge in [-0.25, -0.2) is 4.39 Å². The summed E-state index contributed by atoms with van der Waals surface area (Å²) in [6.07, 6.45) is 1.27. The van der Waals surface area contributed by atoms with Crippen LogP contribution in [0, 0.1) is 12.7 Å². The van der Waals surface area contributed by atoms with Gasteiger partial charge in [-0.05, 0) is 73.6 Å². The molecule has 0 spiro atoms. The monoisotopic (exact) mass is 412 g/mol. The summed E-state index contributed by atoms with van der Waals surface area (Å²) in [5.41, 5.74) is 3.59. The molecule has 1 heterocycles. The van der Waals surface area contributed by atoms with Gasteiger partial charge in [0, 0.05) is 25.7 Å². The maximum Gasteiger partial charge on any atom is 0.260 e. The molecule has 1 fully saturated rings. The van der Waals surface area contributed by atoms with Crippen LogP contribution >= 0.6 is 0 Å². The number of nitrogens with one attached hydrogen (secondary N) is 1. The zero-order valence-electron chi connectivity index (χ0n) is 18.5. The normalized spacial score (nSPS) is 16.5. The second-order valence-electron chi connectivity index (χ2n) is 8.62. The number of aryl methyl sites for hydroxylation is 1. The Morgan fingerprint density at radius 1 is 1.13 bits per heavy atom. The van der Waals surface area contributed by atoms with Crippen LogP contribution in [0.1, 0.15) is 56.2 Å². The predicted molar refractivity (Wildman–Crippen MR) is 118 cm³/mol. The summed E-state index contributed by atoms with van der Waals surface area (Å²) < 4.78 is 18.9. The quantitative estimate of drug-likeness (QED) is 0.710. The van der Waals surface area contributed by atoms with Gasteiger partial charge in [0.2, 0.25) is 0 Å². The maximum absolute atomic E-state index is 13.0. The maximum atomic E-state index is 13.0. The molecule has 3 rings (SSSR count). The molecule has 0 radical (unpaired) electrons. The summed E-state index contributed by atoms with van der Waals surface area (Å²) in [5, 5.41) is 3.13. The van der Waals surface area contributed by atoms with Crippen LogP contribution in [-0.2, 0) is 11.3 Å². The van der Waals surface area contributed by atoms with Crippen molar-refractivity contribution in [2.45, 2.75) is 65.1 Å². The minimum atomic E-state index is -0.536. The van der Waals surface area contributed by atoms with Crippen molar-refractivity contribution in [2.75, 3.05) is 13.1 Å². The van der Waals surface area contributed by atoms with Crippen LogP contribution in [0.25, 0.3) is 0 Å². The Morgan fingerprint density at radius 3 is 2.40 bits per heavy atom. The van der Waals surface area contributed by atoms with Crippen LogP contribution < -0.4 is 10.1 Å². The number of amides is 1. The molecule has 0 aromatic heterocycles. The number of piperidine rings is 1. The second kappa shape index (κ2) is 10.1. The summed E-state index contributed by atoms with van der Waals surface area (Å²) in [5.74, 6) is 0.919. The number of halogens is 1. The first kappa shape index (κ1) is 22.3. The molecule has 1 atom stereocenters. The molecule has 1 N–H and O–H groups in total. The standard InChI is InChI=1S/C25H33FN2O2/c1-17(2)24-10-9-23(15-18(24)3)30-19(4)25(29)27-22-11-13-28(14-12-22)16-20-5-7-21(26)8-6-20/h5-10,15,17,19,22H,11-14,16H2,1-4H3,(H,27,29). The summed E-state index contributed by atoms with van der Waals surface area (Å²) in [4.78, 5) is 14.9. The van der Waals surface area contributed by atoms with Gasteiger partial charge in [0.1, 0.15) is 11.6 Å². The van der Waals surface area contributed by atoms with Crippen molar-refractivity contribution in [3.8, 4) is 5.75 Å². The van der Waals surface area contributed by atoms with Crippen molar-refractivity contribution in [3.63, 3.8) is 0 Å². The van der Waals surface area contributed by atoms with Gasteiger partial charge in [-0.2, -0.15) is 0 Å². The molecule has 30 heavy (non-hydrogen) atoms. The van der Waals surface area contributed by atoms with Crippen LogP contribution in [0.3, 0.4) is 0 Å². The highest BCUT2D eigenvalue weighted by Crippen LogP contribution is 2.24. The Hall–Kier alpha value is -2.40.